The standard InChI is InChI=1S/C13H23ClN2S/c1-4-11(5-2)16(3)9-8-15-10-12-6-7-13(14)17-12/h6-7,11,15H,4-5,8-10H2,1-3H3. The van der Waals surface area contributed by atoms with Crippen LogP contribution in [0.2, 0.25) is 4.34 Å². The quantitative estimate of drug-likeness (QED) is 0.729. The Morgan fingerprint density at radius 3 is 2.59 bits per heavy atom. The molecule has 17 heavy (non-hydrogen) atoms. The van der Waals surface area contributed by atoms with Gasteiger partial charge in [-0.2, -0.15) is 0 Å². The fraction of sp³-hybridized carbons (Fsp3) is 0.692. The molecule has 0 bridgehead atoms. The molecule has 1 rings (SSSR count). The van der Waals surface area contributed by atoms with E-state index in [1.54, 1.807) is 11.3 Å². The molecule has 1 aromatic rings. The maximum atomic E-state index is 5.89. The van der Waals surface area contributed by atoms with E-state index >= 15 is 0 Å². The van der Waals surface area contributed by atoms with E-state index in [1.165, 1.54) is 17.7 Å². The Kier molecular flexibility index (Phi) is 7.12. The van der Waals surface area contributed by atoms with Gasteiger partial charge >= 0.3 is 0 Å². The van der Waals surface area contributed by atoms with Gasteiger partial charge in [0.15, 0.2) is 0 Å². The summed E-state index contributed by atoms with van der Waals surface area (Å²) in [7, 11) is 2.21. The molecule has 4 heteroatoms. The Morgan fingerprint density at radius 1 is 1.35 bits per heavy atom. The van der Waals surface area contributed by atoms with Gasteiger partial charge in [0.05, 0.1) is 4.34 Å². The Labute approximate surface area is 114 Å². The van der Waals surface area contributed by atoms with Gasteiger partial charge in [-0.15, -0.1) is 11.3 Å². The average molecular weight is 275 g/mol. The van der Waals surface area contributed by atoms with Gasteiger partial charge in [0.1, 0.15) is 0 Å². The minimum atomic E-state index is 0.716. The molecule has 0 aliphatic carbocycles. The van der Waals surface area contributed by atoms with Crippen LogP contribution in [0.25, 0.3) is 0 Å². The summed E-state index contributed by atoms with van der Waals surface area (Å²) in [6.07, 6.45) is 2.46. The van der Waals surface area contributed by atoms with Crippen molar-refractivity contribution in [3.05, 3.63) is 21.3 Å². The zero-order valence-corrected chi connectivity index (χ0v) is 12.6. The lowest BCUT2D eigenvalue weighted by Crippen LogP contribution is -2.36. The first kappa shape index (κ1) is 15.0. The van der Waals surface area contributed by atoms with Crippen LogP contribution in [-0.2, 0) is 6.54 Å². The summed E-state index contributed by atoms with van der Waals surface area (Å²) in [6.45, 7) is 7.57. The Balaban J connectivity index is 2.15. The average Bonchev–Trinajstić information content (AvgIpc) is 2.72. The SMILES string of the molecule is CCC(CC)N(C)CCNCc1ccc(Cl)s1. The molecule has 0 unspecified atom stereocenters. The number of halogens is 1. The topological polar surface area (TPSA) is 15.3 Å². The minimum absolute atomic E-state index is 0.716. The molecular formula is C13H23ClN2S. The highest BCUT2D eigenvalue weighted by molar-refractivity contribution is 7.16. The highest BCUT2D eigenvalue weighted by Gasteiger charge is 2.09. The Hall–Kier alpha value is -0.0900. The molecule has 1 heterocycles. The predicted molar refractivity (Wildman–Crippen MR) is 78.0 cm³/mol. The molecular weight excluding hydrogens is 252 g/mol. The molecule has 0 saturated carbocycles. The van der Waals surface area contributed by atoms with Crippen LogP contribution in [0.15, 0.2) is 12.1 Å². The van der Waals surface area contributed by atoms with Gasteiger partial charge < -0.3 is 10.2 Å². The van der Waals surface area contributed by atoms with Crippen LogP contribution in [0.4, 0.5) is 0 Å². The third-order valence-corrected chi connectivity index (χ3v) is 4.37. The first-order valence-corrected chi connectivity index (χ1v) is 7.52. The summed E-state index contributed by atoms with van der Waals surface area (Å²) in [4.78, 5) is 3.74. The van der Waals surface area contributed by atoms with Gasteiger partial charge in [-0.25, -0.2) is 0 Å². The predicted octanol–water partition coefficient (Wildman–Crippen LogP) is 3.61. The molecule has 0 atom stereocenters. The van der Waals surface area contributed by atoms with Crippen LogP contribution in [-0.4, -0.2) is 31.1 Å². The van der Waals surface area contributed by atoms with Gasteiger partial charge in [-0.05, 0) is 32.0 Å². The zero-order chi connectivity index (χ0) is 12.7. The van der Waals surface area contributed by atoms with Gasteiger partial charge in [-0.3, -0.25) is 0 Å². The van der Waals surface area contributed by atoms with Crippen LogP contribution < -0.4 is 5.32 Å². The maximum absolute atomic E-state index is 5.89. The van der Waals surface area contributed by atoms with E-state index < -0.39 is 0 Å². The van der Waals surface area contributed by atoms with Crippen LogP contribution in [0, 0.1) is 0 Å². The first-order valence-electron chi connectivity index (χ1n) is 6.32. The molecule has 0 aliphatic rings. The number of thiophene rings is 1. The van der Waals surface area contributed by atoms with E-state index in [0.717, 1.165) is 24.0 Å². The van der Waals surface area contributed by atoms with E-state index in [-0.39, 0.29) is 0 Å². The molecule has 0 spiro atoms. The van der Waals surface area contributed by atoms with Crippen molar-refractivity contribution >= 4 is 22.9 Å². The third kappa shape index (κ3) is 5.38. The minimum Gasteiger partial charge on any atom is -0.311 e. The third-order valence-electron chi connectivity index (χ3n) is 3.14. The Bertz CT molecular complexity index is 310. The van der Waals surface area contributed by atoms with Crippen molar-refractivity contribution in [3.63, 3.8) is 0 Å². The second-order valence-electron chi connectivity index (χ2n) is 4.33. The number of nitrogens with one attached hydrogen (secondary N) is 1. The summed E-state index contributed by atoms with van der Waals surface area (Å²) in [6, 6.07) is 4.76. The van der Waals surface area contributed by atoms with Crippen molar-refractivity contribution in [2.75, 3.05) is 20.1 Å². The van der Waals surface area contributed by atoms with Crippen molar-refractivity contribution in [2.45, 2.75) is 39.3 Å². The lowest BCUT2D eigenvalue weighted by atomic mass is 10.1. The molecule has 1 N–H and O–H groups in total. The number of likely N-dealkylation sites (N-methyl/N-ethyl adjacent to an activating group) is 1. The highest BCUT2D eigenvalue weighted by atomic mass is 35.5. The van der Waals surface area contributed by atoms with Crippen molar-refractivity contribution in [2.24, 2.45) is 0 Å². The molecule has 0 aliphatic heterocycles. The van der Waals surface area contributed by atoms with Gasteiger partial charge in [0, 0.05) is 30.6 Å². The second kappa shape index (κ2) is 8.09. The Morgan fingerprint density at radius 2 is 2.06 bits per heavy atom. The molecule has 2 nitrogen and oxygen atoms in total. The normalized spacial score (nSPS) is 11.6. The van der Waals surface area contributed by atoms with E-state index in [2.05, 4.69) is 37.2 Å². The van der Waals surface area contributed by atoms with E-state index in [4.69, 9.17) is 11.6 Å². The largest absolute Gasteiger partial charge is 0.311 e. The van der Waals surface area contributed by atoms with E-state index in [0.29, 0.717) is 6.04 Å². The van der Waals surface area contributed by atoms with Crippen molar-refractivity contribution < 1.29 is 0 Å². The summed E-state index contributed by atoms with van der Waals surface area (Å²) >= 11 is 7.54. The van der Waals surface area contributed by atoms with Crippen molar-refractivity contribution in [1.82, 2.24) is 10.2 Å². The summed E-state index contributed by atoms with van der Waals surface area (Å²) in [5, 5.41) is 3.46. The number of nitrogens with zero attached hydrogens (tertiary/aromatic N) is 1. The van der Waals surface area contributed by atoms with Crippen molar-refractivity contribution in [3.8, 4) is 0 Å². The lowest BCUT2D eigenvalue weighted by molar-refractivity contribution is 0.230. The summed E-state index contributed by atoms with van der Waals surface area (Å²) in [5.41, 5.74) is 0. The van der Waals surface area contributed by atoms with Crippen LogP contribution in [0.5, 0.6) is 0 Å². The van der Waals surface area contributed by atoms with Gasteiger partial charge in [-0.1, -0.05) is 25.4 Å². The lowest BCUT2D eigenvalue weighted by Gasteiger charge is -2.25. The fourth-order valence-electron chi connectivity index (χ4n) is 2.01. The maximum Gasteiger partial charge on any atom is 0.0931 e. The van der Waals surface area contributed by atoms with E-state index in [1.807, 2.05) is 6.07 Å². The monoisotopic (exact) mass is 274 g/mol. The number of rotatable bonds is 8. The van der Waals surface area contributed by atoms with Gasteiger partial charge in [0.2, 0.25) is 0 Å². The molecule has 1 aromatic heterocycles. The van der Waals surface area contributed by atoms with Crippen molar-refractivity contribution in [1.29, 1.82) is 0 Å². The molecule has 0 aromatic carbocycles. The molecule has 0 saturated heterocycles. The first-order chi connectivity index (χ1) is 8.17. The summed E-state index contributed by atoms with van der Waals surface area (Å²) < 4.78 is 0.871. The van der Waals surface area contributed by atoms with Crippen LogP contribution in [0.3, 0.4) is 0 Å². The summed E-state index contributed by atoms with van der Waals surface area (Å²) in [5.74, 6) is 0. The molecule has 0 radical (unpaired) electrons. The van der Waals surface area contributed by atoms with Gasteiger partial charge in [0.25, 0.3) is 0 Å². The zero-order valence-electron chi connectivity index (χ0n) is 11.0. The van der Waals surface area contributed by atoms with Crippen LogP contribution >= 0.6 is 22.9 Å². The number of hydrogen-bond acceptors (Lipinski definition) is 3. The molecule has 0 fully saturated rings. The second-order valence-corrected chi connectivity index (χ2v) is 6.13. The fourth-order valence-corrected chi connectivity index (χ4v) is 3.07. The molecule has 98 valence electrons. The highest BCUT2D eigenvalue weighted by Crippen LogP contribution is 2.20. The number of hydrogen-bond donors (Lipinski definition) is 1. The smallest absolute Gasteiger partial charge is 0.0931 e. The molecule has 0 amide bonds. The van der Waals surface area contributed by atoms with Crippen LogP contribution in [0.1, 0.15) is 31.6 Å². The van der Waals surface area contributed by atoms with E-state index in [9.17, 15) is 0 Å².